The van der Waals surface area contributed by atoms with E-state index < -0.39 is 0 Å². The van der Waals surface area contributed by atoms with Crippen molar-refractivity contribution in [3.63, 3.8) is 0 Å². The van der Waals surface area contributed by atoms with Crippen LogP contribution < -0.4 is 0 Å². The number of hydrogen-bond donors (Lipinski definition) is 0. The fourth-order valence-electron chi connectivity index (χ4n) is 3.82. The Balaban J connectivity index is 1.43. The van der Waals surface area contributed by atoms with Gasteiger partial charge in [-0.25, -0.2) is 4.98 Å². The molecule has 2 aromatic heterocycles. The van der Waals surface area contributed by atoms with Gasteiger partial charge in [0.1, 0.15) is 11.7 Å². The van der Waals surface area contributed by atoms with E-state index in [1.54, 1.807) is 22.0 Å². The van der Waals surface area contributed by atoms with Gasteiger partial charge in [0.15, 0.2) is 0 Å². The van der Waals surface area contributed by atoms with Gasteiger partial charge in [0, 0.05) is 38.9 Å². The van der Waals surface area contributed by atoms with Crippen LogP contribution in [0.2, 0.25) is 0 Å². The van der Waals surface area contributed by atoms with Crippen molar-refractivity contribution in [1.29, 1.82) is 0 Å². The van der Waals surface area contributed by atoms with Gasteiger partial charge in [-0.15, -0.1) is 0 Å². The molecule has 1 unspecified atom stereocenters. The van der Waals surface area contributed by atoms with E-state index in [0.29, 0.717) is 31.9 Å². The van der Waals surface area contributed by atoms with E-state index in [2.05, 4.69) is 10.1 Å². The molecule has 0 N–H and O–H groups in total. The summed E-state index contributed by atoms with van der Waals surface area (Å²) in [6, 6.07) is 9.22. The Kier molecular flexibility index (Phi) is 5.33. The summed E-state index contributed by atoms with van der Waals surface area (Å²) in [4.78, 5) is 34.0. The average molecular weight is 394 g/mol. The molecule has 3 heterocycles. The summed E-state index contributed by atoms with van der Waals surface area (Å²) in [6.45, 7) is 6.93. The maximum atomic E-state index is 13.1. The molecular formula is C21H26N6O2. The normalized spacial score (nSPS) is 16.1. The van der Waals surface area contributed by atoms with Gasteiger partial charge in [-0.2, -0.15) is 5.10 Å². The molecule has 1 fully saturated rings. The van der Waals surface area contributed by atoms with Crippen molar-refractivity contribution >= 4 is 22.8 Å². The number of imidazole rings is 1. The van der Waals surface area contributed by atoms with Crippen LogP contribution in [0.1, 0.15) is 36.8 Å². The molecule has 1 aliphatic rings. The molecule has 8 heteroatoms. The number of carbonyl (C=O) groups excluding carboxylic acids is 2. The first kappa shape index (κ1) is 19.2. The number of rotatable bonds is 4. The van der Waals surface area contributed by atoms with E-state index in [4.69, 9.17) is 0 Å². The summed E-state index contributed by atoms with van der Waals surface area (Å²) in [7, 11) is 0. The van der Waals surface area contributed by atoms with Crippen LogP contribution in [0.3, 0.4) is 0 Å². The average Bonchev–Trinajstić information content (AvgIpc) is 3.33. The van der Waals surface area contributed by atoms with Crippen molar-refractivity contribution in [3.05, 3.63) is 48.5 Å². The highest BCUT2D eigenvalue weighted by Crippen LogP contribution is 2.20. The second-order valence-corrected chi connectivity index (χ2v) is 7.34. The Morgan fingerprint density at radius 3 is 2.62 bits per heavy atom. The van der Waals surface area contributed by atoms with Crippen LogP contribution in [-0.2, 0) is 11.3 Å². The number of fused-ring (bicyclic) bond motifs is 1. The lowest BCUT2D eigenvalue weighted by atomic mass is 10.2. The number of benzene rings is 1. The summed E-state index contributed by atoms with van der Waals surface area (Å²) in [5.74, 6) is -0.0159. The molecule has 0 saturated carbocycles. The van der Waals surface area contributed by atoms with E-state index in [-0.39, 0.29) is 17.9 Å². The minimum atomic E-state index is -0.343. The first-order valence-corrected chi connectivity index (χ1v) is 10.1. The molecule has 1 saturated heterocycles. The maximum absolute atomic E-state index is 13.1. The fourth-order valence-corrected chi connectivity index (χ4v) is 3.82. The zero-order chi connectivity index (χ0) is 20.4. The lowest BCUT2D eigenvalue weighted by Crippen LogP contribution is -2.40. The Hall–Kier alpha value is -3.16. The number of nitrogens with zero attached hydrogens (tertiary/aromatic N) is 6. The standard InChI is InChI=1S/C21H26N6O2/c1-3-26-12-9-18(23-26)21(29)25-11-6-10-24(13-14-25)20(28)16(2)27-15-22-17-7-4-5-8-19(17)27/h4-5,7-9,12,15-16H,3,6,10-11,13-14H2,1-2H3. The molecule has 29 heavy (non-hydrogen) atoms. The van der Waals surface area contributed by atoms with Crippen LogP contribution in [0.15, 0.2) is 42.9 Å². The molecule has 8 nitrogen and oxygen atoms in total. The number of para-hydroxylation sites is 2. The van der Waals surface area contributed by atoms with Gasteiger partial charge >= 0.3 is 0 Å². The van der Waals surface area contributed by atoms with Crippen LogP contribution in [0, 0.1) is 0 Å². The molecule has 1 aromatic carbocycles. The lowest BCUT2D eigenvalue weighted by molar-refractivity contribution is -0.134. The van der Waals surface area contributed by atoms with Gasteiger partial charge in [0.2, 0.25) is 5.91 Å². The summed E-state index contributed by atoms with van der Waals surface area (Å²) >= 11 is 0. The van der Waals surface area contributed by atoms with Crippen LogP contribution in [0.4, 0.5) is 0 Å². The molecule has 1 aliphatic heterocycles. The first-order chi connectivity index (χ1) is 14.1. The predicted molar refractivity (Wildman–Crippen MR) is 109 cm³/mol. The van der Waals surface area contributed by atoms with Crippen LogP contribution in [0.25, 0.3) is 11.0 Å². The van der Waals surface area contributed by atoms with E-state index in [1.165, 1.54) is 0 Å². The van der Waals surface area contributed by atoms with Crippen molar-refractivity contribution in [1.82, 2.24) is 29.1 Å². The molecule has 0 spiro atoms. The van der Waals surface area contributed by atoms with E-state index >= 15 is 0 Å². The largest absolute Gasteiger partial charge is 0.339 e. The molecule has 152 valence electrons. The van der Waals surface area contributed by atoms with Crippen LogP contribution >= 0.6 is 0 Å². The second kappa shape index (κ2) is 8.06. The Bertz CT molecular complexity index is 1020. The van der Waals surface area contributed by atoms with Gasteiger partial charge in [0.05, 0.1) is 17.4 Å². The fraction of sp³-hybridized carbons (Fsp3) is 0.429. The van der Waals surface area contributed by atoms with Gasteiger partial charge in [-0.05, 0) is 38.5 Å². The number of aryl methyl sites for hydroxylation is 1. The summed E-state index contributed by atoms with van der Waals surface area (Å²) < 4.78 is 3.67. The number of aromatic nitrogens is 4. The Labute approximate surface area is 169 Å². The van der Waals surface area contributed by atoms with Crippen molar-refractivity contribution < 1.29 is 9.59 Å². The van der Waals surface area contributed by atoms with E-state index in [9.17, 15) is 9.59 Å². The van der Waals surface area contributed by atoms with Gasteiger partial charge in [-0.1, -0.05) is 12.1 Å². The number of carbonyl (C=O) groups is 2. The zero-order valence-electron chi connectivity index (χ0n) is 16.9. The third-order valence-corrected chi connectivity index (χ3v) is 5.53. The van der Waals surface area contributed by atoms with Crippen LogP contribution in [0.5, 0.6) is 0 Å². The Morgan fingerprint density at radius 2 is 1.83 bits per heavy atom. The third-order valence-electron chi connectivity index (χ3n) is 5.53. The quantitative estimate of drug-likeness (QED) is 0.680. The first-order valence-electron chi connectivity index (χ1n) is 10.1. The maximum Gasteiger partial charge on any atom is 0.274 e. The second-order valence-electron chi connectivity index (χ2n) is 7.34. The van der Waals surface area contributed by atoms with Gasteiger partial charge in [-0.3, -0.25) is 14.3 Å². The van der Waals surface area contributed by atoms with Crippen molar-refractivity contribution in [3.8, 4) is 0 Å². The van der Waals surface area contributed by atoms with Crippen molar-refractivity contribution in [2.24, 2.45) is 0 Å². The highest BCUT2D eigenvalue weighted by Gasteiger charge is 2.27. The number of amides is 2. The van der Waals surface area contributed by atoms with E-state index in [1.807, 2.05) is 53.8 Å². The summed E-state index contributed by atoms with van der Waals surface area (Å²) in [6.07, 6.45) is 4.30. The predicted octanol–water partition coefficient (Wildman–Crippen LogP) is 2.19. The van der Waals surface area contributed by atoms with Crippen molar-refractivity contribution in [2.45, 2.75) is 32.9 Å². The molecule has 3 aromatic rings. The summed E-state index contributed by atoms with van der Waals surface area (Å²) in [5, 5.41) is 4.31. The minimum absolute atomic E-state index is 0.0534. The number of hydrogen-bond acceptors (Lipinski definition) is 4. The zero-order valence-corrected chi connectivity index (χ0v) is 16.9. The molecule has 1 atom stereocenters. The SMILES string of the molecule is CCn1ccc(C(=O)N2CCCN(C(=O)C(C)n3cnc4ccccc43)CC2)n1. The highest BCUT2D eigenvalue weighted by atomic mass is 16.2. The highest BCUT2D eigenvalue weighted by molar-refractivity contribution is 5.92. The minimum Gasteiger partial charge on any atom is -0.339 e. The van der Waals surface area contributed by atoms with Crippen LogP contribution in [-0.4, -0.2) is 67.1 Å². The Morgan fingerprint density at radius 1 is 1.07 bits per heavy atom. The molecule has 2 amide bonds. The van der Waals surface area contributed by atoms with Gasteiger partial charge in [0.25, 0.3) is 5.91 Å². The molecule has 0 radical (unpaired) electrons. The smallest absolute Gasteiger partial charge is 0.274 e. The van der Waals surface area contributed by atoms with Crippen molar-refractivity contribution in [2.75, 3.05) is 26.2 Å². The lowest BCUT2D eigenvalue weighted by Gasteiger charge is -2.25. The molecule has 0 aliphatic carbocycles. The van der Waals surface area contributed by atoms with Gasteiger partial charge < -0.3 is 14.4 Å². The monoisotopic (exact) mass is 394 g/mol. The molecule has 0 bridgehead atoms. The molecular weight excluding hydrogens is 368 g/mol. The van der Waals surface area contributed by atoms with E-state index in [0.717, 1.165) is 24.0 Å². The molecule has 4 rings (SSSR count). The third kappa shape index (κ3) is 3.74. The summed E-state index contributed by atoms with van der Waals surface area (Å²) in [5.41, 5.74) is 2.29. The topological polar surface area (TPSA) is 76.3 Å².